The second-order valence-corrected chi connectivity index (χ2v) is 6.49. The van der Waals surface area contributed by atoms with E-state index in [0.717, 1.165) is 6.42 Å². The Labute approximate surface area is 148 Å². The van der Waals surface area contributed by atoms with Crippen molar-refractivity contribution in [2.24, 2.45) is 17.6 Å². The van der Waals surface area contributed by atoms with Crippen molar-refractivity contribution >= 4 is 23.7 Å². The molecule has 9 heteroatoms. The number of carbonyl (C=O) groups is 4. The maximum Gasteiger partial charge on any atom is 0.325 e. The van der Waals surface area contributed by atoms with E-state index in [4.69, 9.17) is 10.8 Å². The third-order valence-electron chi connectivity index (χ3n) is 3.98. The lowest BCUT2D eigenvalue weighted by atomic mass is 9.99. The van der Waals surface area contributed by atoms with E-state index in [0.29, 0.717) is 0 Å². The monoisotopic (exact) mass is 358 g/mol. The van der Waals surface area contributed by atoms with E-state index in [1.165, 1.54) is 6.92 Å². The van der Waals surface area contributed by atoms with Crippen molar-refractivity contribution in [3.63, 3.8) is 0 Å². The summed E-state index contributed by atoms with van der Waals surface area (Å²) in [5, 5.41) is 16.1. The highest BCUT2D eigenvalue weighted by atomic mass is 16.4. The summed E-state index contributed by atoms with van der Waals surface area (Å²) in [4.78, 5) is 46.8. The summed E-state index contributed by atoms with van der Waals surface area (Å²) in [7, 11) is 0. The largest absolute Gasteiger partial charge is 0.480 e. The number of aliphatic carboxylic acids is 1. The van der Waals surface area contributed by atoms with Gasteiger partial charge in [0.05, 0.1) is 12.6 Å². The quantitative estimate of drug-likeness (QED) is 0.345. The van der Waals surface area contributed by atoms with Crippen LogP contribution in [-0.4, -0.2) is 53.5 Å². The van der Waals surface area contributed by atoms with Crippen LogP contribution in [0.15, 0.2) is 0 Å². The zero-order valence-electron chi connectivity index (χ0n) is 15.5. The molecule has 25 heavy (non-hydrogen) atoms. The molecule has 3 amide bonds. The molecule has 6 N–H and O–H groups in total. The minimum Gasteiger partial charge on any atom is -0.480 e. The Morgan fingerprint density at radius 1 is 1.00 bits per heavy atom. The molecule has 0 aliphatic heterocycles. The molecule has 4 atom stereocenters. The second-order valence-electron chi connectivity index (χ2n) is 6.49. The highest BCUT2D eigenvalue weighted by Gasteiger charge is 2.27. The van der Waals surface area contributed by atoms with Gasteiger partial charge in [0.25, 0.3) is 0 Å². The lowest BCUT2D eigenvalue weighted by Crippen LogP contribution is -2.55. The first kappa shape index (κ1) is 22.8. The maximum absolute atomic E-state index is 12.1. The van der Waals surface area contributed by atoms with Crippen molar-refractivity contribution in [1.29, 1.82) is 0 Å². The SMILES string of the molecule is CCC(C)C(N)C(=O)NCC(=O)NC(C(=O)NC(C)C(=O)O)C(C)C. The van der Waals surface area contributed by atoms with Gasteiger partial charge < -0.3 is 26.8 Å². The van der Waals surface area contributed by atoms with Gasteiger partial charge in [-0.15, -0.1) is 0 Å². The molecule has 0 spiro atoms. The molecule has 144 valence electrons. The van der Waals surface area contributed by atoms with Crippen molar-refractivity contribution < 1.29 is 24.3 Å². The van der Waals surface area contributed by atoms with Gasteiger partial charge in [0, 0.05) is 0 Å². The van der Waals surface area contributed by atoms with Crippen molar-refractivity contribution in [1.82, 2.24) is 16.0 Å². The average Bonchev–Trinajstić information content (AvgIpc) is 2.55. The molecule has 0 aliphatic carbocycles. The second kappa shape index (κ2) is 10.7. The minimum absolute atomic E-state index is 0.0187. The Morgan fingerprint density at radius 3 is 2.00 bits per heavy atom. The Bertz CT molecular complexity index is 495. The molecule has 4 unspecified atom stereocenters. The number of carboxylic acid groups (broad SMARTS) is 1. The van der Waals surface area contributed by atoms with Crippen LogP contribution >= 0.6 is 0 Å². The third kappa shape index (κ3) is 7.97. The average molecular weight is 358 g/mol. The molecule has 0 saturated carbocycles. The summed E-state index contributed by atoms with van der Waals surface area (Å²) < 4.78 is 0. The standard InChI is InChI=1S/C16H30N4O5/c1-6-9(4)12(17)14(22)18-7-11(21)20-13(8(2)3)15(23)19-10(5)16(24)25/h8-10,12-13H,6-7,17H2,1-5H3,(H,18,22)(H,19,23)(H,20,21)(H,24,25). The molecule has 0 aromatic carbocycles. The van der Waals surface area contributed by atoms with Crippen LogP contribution in [0.25, 0.3) is 0 Å². The summed E-state index contributed by atoms with van der Waals surface area (Å²) in [6.07, 6.45) is 0.734. The normalized spacial score (nSPS) is 15.6. The Hall–Kier alpha value is -2.16. The maximum atomic E-state index is 12.1. The first-order valence-electron chi connectivity index (χ1n) is 8.37. The number of hydrogen-bond donors (Lipinski definition) is 5. The molecule has 0 aromatic heterocycles. The van der Waals surface area contributed by atoms with E-state index in [1.54, 1.807) is 13.8 Å². The third-order valence-corrected chi connectivity index (χ3v) is 3.98. The summed E-state index contributed by atoms with van der Waals surface area (Å²) in [5.41, 5.74) is 5.77. The van der Waals surface area contributed by atoms with E-state index >= 15 is 0 Å². The van der Waals surface area contributed by atoms with Crippen LogP contribution in [0.4, 0.5) is 0 Å². The van der Waals surface area contributed by atoms with Gasteiger partial charge >= 0.3 is 5.97 Å². The number of nitrogens with one attached hydrogen (secondary N) is 3. The van der Waals surface area contributed by atoms with Gasteiger partial charge in [-0.3, -0.25) is 19.2 Å². The van der Waals surface area contributed by atoms with E-state index in [9.17, 15) is 19.2 Å². The topological polar surface area (TPSA) is 151 Å². The van der Waals surface area contributed by atoms with Gasteiger partial charge in [-0.1, -0.05) is 34.1 Å². The number of nitrogens with two attached hydrogens (primary N) is 1. The van der Waals surface area contributed by atoms with E-state index < -0.39 is 41.8 Å². The molecule has 0 bridgehead atoms. The lowest BCUT2D eigenvalue weighted by molar-refractivity contribution is -0.142. The summed E-state index contributed by atoms with van der Waals surface area (Å²) in [5.74, 6) is -3.04. The number of carboxylic acids is 1. The number of amides is 3. The Kier molecular flexibility index (Phi) is 9.73. The minimum atomic E-state index is -1.17. The predicted octanol–water partition coefficient (Wildman–Crippen LogP) is -0.794. The van der Waals surface area contributed by atoms with E-state index in [1.807, 2.05) is 13.8 Å². The molecule has 0 heterocycles. The zero-order chi connectivity index (χ0) is 19.7. The van der Waals surface area contributed by atoms with Crippen LogP contribution in [-0.2, 0) is 19.2 Å². The van der Waals surface area contributed by atoms with Crippen LogP contribution in [0.2, 0.25) is 0 Å². The van der Waals surface area contributed by atoms with Gasteiger partial charge in [0.2, 0.25) is 17.7 Å². The van der Waals surface area contributed by atoms with Crippen molar-refractivity contribution in [3.05, 3.63) is 0 Å². The molecular weight excluding hydrogens is 328 g/mol. The molecular formula is C16H30N4O5. The number of carbonyl (C=O) groups excluding carboxylic acids is 3. The van der Waals surface area contributed by atoms with Crippen molar-refractivity contribution in [3.8, 4) is 0 Å². The summed E-state index contributed by atoms with van der Waals surface area (Å²) in [6, 6.07) is -2.69. The van der Waals surface area contributed by atoms with E-state index in [-0.39, 0.29) is 18.4 Å². The Balaban J connectivity index is 4.63. The Morgan fingerprint density at radius 2 is 1.56 bits per heavy atom. The molecule has 0 fully saturated rings. The van der Waals surface area contributed by atoms with E-state index in [2.05, 4.69) is 16.0 Å². The first-order valence-corrected chi connectivity index (χ1v) is 8.37. The van der Waals surface area contributed by atoms with Crippen LogP contribution in [0.1, 0.15) is 41.0 Å². The van der Waals surface area contributed by atoms with Crippen molar-refractivity contribution in [2.75, 3.05) is 6.54 Å². The summed E-state index contributed by atoms with van der Waals surface area (Å²) >= 11 is 0. The lowest BCUT2D eigenvalue weighted by Gasteiger charge is -2.23. The zero-order valence-corrected chi connectivity index (χ0v) is 15.5. The molecule has 9 nitrogen and oxygen atoms in total. The predicted molar refractivity (Wildman–Crippen MR) is 92.4 cm³/mol. The van der Waals surface area contributed by atoms with Crippen LogP contribution in [0.5, 0.6) is 0 Å². The highest BCUT2D eigenvalue weighted by molar-refractivity contribution is 5.92. The summed E-state index contributed by atoms with van der Waals surface area (Å²) in [6.45, 7) is 8.20. The van der Waals surface area contributed by atoms with Crippen molar-refractivity contribution in [2.45, 2.75) is 59.2 Å². The molecule has 0 rings (SSSR count). The first-order chi connectivity index (χ1) is 11.5. The fraction of sp³-hybridized carbons (Fsp3) is 0.750. The van der Waals surface area contributed by atoms with Gasteiger partial charge in [-0.25, -0.2) is 0 Å². The van der Waals surface area contributed by atoms with Crippen LogP contribution < -0.4 is 21.7 Å². The fourth-order valence-corrected chi connectivity index (χ4v) is 1.92. The fourth-order valence-electron chi connectivity index (χ4n) is 1.92. The molecule has 0 radical (unpaired) electrons. The van der Waals surface area contributed by atoms with Crippen LogP contribution in [0, 0.1) is 11.8 Å². The van der Waals surface area contributed by atoms with Gasteiger partial charge in [0.15, 0.2) is 0 Å². The molecule has 0 aromatic rings. The molecule has 0 aliphatic rings. The van der Waals surface area contributed by atoms with Crippen LogP contribution in [0.3, 0.4) is 0 Å². The van der Waals surface area contributed by atoms with Gasteiger partial charge in [0.1, 0.15) is 12.1 Å². The van der Waals surface area contributed by atoms with Gasteiger partial charge in [-0.05, 0) is 18.8 Å². The smallest absolute Gasteiger partial charge is 0.325 e. The number of hydrogen-bond acceptors (Lipinski definition) is 5. The number of rotatable bonds is 10. The highest BCUT2D eigenvalue weighted by Crippen LogP contribution is 2.05. The van der Waals surface area contributed by atoms with Gasteiger partial charge in [-0.2, -0.15) is 0 Å². The molecule has 0 saturated heterocycles.